The molecule has 0 atom stereocenters. The summed E-state index contributed by atoms with van der Waals surface area (Å²) in [5, 5.41) is 10.0. The Balaban J connectivity index is 2.31. The Labute approximate surface area is 103 Å². The molecular weight excluding hydrogens is 212 g/mol. The lowest BCUT2D eigenvalue weighted by Crippen LogP contribution is -2.22. The predicted octanol–water partition coefficient (Wildman–Crippen LogP) is 3.06. The van der Waals surface area contributed by atoms with Crippen LogP contribution in [0.2, 0.25) is 0 Å². The van der Waals surface area contributed by atoms with Gasteiger partial charge in [-0.1, -0.05) is 19.3 Å². The fraction of sp³-hybridized carbons (Fsp3) is 0.714. The minimum absolute atomic E-state index is 0.554. The van der Waals surface area contributed by atoms with Crippen molar-refractivity contribution in [3.05, 3.63) is 23.3 Å². The number of aliphatic hydroxyl groups is 1. The zero-order valence-electron chi connectivity index (χ0n) is 11.0. The van der Waals surface area contributed by atoms with Gasteiger partial charge in [-0.2, -0.15) is 0 Å². The molecule has 1 N–H and O–H groups in total. The minimum Gasteiger partial charge on any atom is -0.382 e. The molecule has 0 amide bonds. The van der Waals surface area contributed by atoms with Gasteiger partial charge in [0.05, 0.1) is 0 Å². The van der Waals surface area contributed by atoms with Crippen LogP contribution in [0.15, 0.2) is 6.07 Å². The Morgan fingerprint density at radius 1 is 1.18 bits per heavy atom. The number of nitrogens with zero attached hydrogens (tertiary/aromatic N) is 2. The van der Waals surface area contributed by atoms with Crippen molar-refractivity contribution < 1.29 is 5.11 Å². The first-order chi connectivity index (χ1) is 7.97. The van der Waals surface area contributed by atoms with Crippen LogP contribution in [0.4, 0.5) is 0 Å². The van der Waals surface area contributed by atoms with Crippen molar-refractivity contribution in [2.75, 3.05) is 0 Å². The lowest BCUT2D eigenvalue weighted by Gasteiger charge is -2.23. The molecule has 1 aliphatic rings. The largest absolute Gasteiger partial charge is 0.382 e. The normalized spacial score (nSPS) is 18.4. The van der Waals surface area contributed by atoms with Crippen LogP contribution in [-0.4, -0.2) is 15.1 Å². The molecule has 1 fully saturated rings. The zero-order chi connectivity index (χ0) is 12.5. The Morgan fingerprint density at radius 3 is 2.41 bits per heavy atom. The molecule has 0 spiro atoms. The van der Waals surface area contributed by atoms with Gasteiger partial charge in [-0.3, -0.25) is 0 Å². The molecule has 0 radical (unpaired) electrons. The second kappa shape index (κ2) is 4.73. The number of aryl methyl sites for hydroxylation is 1. The molecule has 0 unspecified atom stereocenters. The van der Waals surface area contributed by atoms with Crippen LogP contribution >= 0.6 is 0 Å². The maximum atomic E-state index is 10.0. The van der Waals surface area contributed by atoms with E-state index in [2.05, 4.69) is 16.0 Å². The summed E-state index contributed by atoms with van der Waals surface area (Å²) >= 11 is 0. The van der Waals surface area contributed by atoms with Gasteiger partial charge >= 0.3 is 0 Å². The highest BCUT2D eigenvalue weighted by molar-refractivity contribution is 5.17. The van der Waals surface area contributed by atoms with E-state index in [0.717, 1.165) is 11.4 Å². The summed E-state index contributed by atoms with van der Waals surface area (Å²) in [6.07, 6.45) is 6.39. The number of rotatable bonds is 2. The summed E-state index contributed by atoms with van der Waals surface area (Å²) in [6.45, 7) is 5.46. The molecule has 3 nitrogen and oxygen atoms in total. The SMILES string of the molecule is Cc1cc(C2CCCCC2)nc(C(C)(C)O)n1. The molecule has 1 saturated carbocycles. The van der Waals surface area contributed by atoms with Gasteiger partial charge < -0.3 is 5.11 Å². The van der Waals surface area contributed by atoms with E-state index in [0.29, 0.717) is 11.7 Å². The van der Waals surface area contributed by atoms with Crippen LogP contribution in [0.1, 0.15) is 69.1 Å². The van der Waals surface area contributed by atoms with Gasteiger partial charge in [-0.05, 0) is 39.7 Å². The summed E-state index contributed by atoms with van der Waals surface area (Å²) in [5.74, 6) is 1.12. The van der Waals surface area contributed by atoms with Crippen LogP contribution in [0.3, 0.4) is 0 Å². The first-order valence-electron chi connectivity index (χ1n) is 6.55. The van der Waals surface area contributed by atoms with Crippen molar-refractivity contribution in [3.8, 4) is 0 Å². The highest BCUT2D eigenvalue weighted by Crippen LogP contribution is 2.32. The van der Waals surface area contributed by atoms with Crippen molar-refractivity contribution in [1.82, 2.24) is 9.97 Å². The topological polar surface area (TPSA) is 46.0 Å². The molecule has 1 aliphatic carbocycles. The molecule has 17 heavy (non-hydrogen) atoms. The number of hydrogen-bond donors (Lipinski definition) is 1. The Bertz CT molecular complexity index is 390. The number of aromatic nitrogens is 2. The molecule has 0 bridgehead atoms. The molecule has 3 heteroatoms. The maximum Gasteiger partial charge on any atom is 0.159 e. The van der Waals surface area contributed by atoms with E-state index in [4.69, 9.17) is 0 Å². The van der Waals surface area contributed by atoms with Crippen LogP contribution in [0.5, 0.6) is 0 Å². The lowest BCUT2D eigenvalue weighted by molar-refractivity contribution is 0.0681. The summed E-state index contributed by atoms with van der Waals surface area (Å²) in [7, 11) is 0. The molecule has 1 heterocycles. The second-order valence-electron chi connectivity index (χ2n) is 5.65. The lowest BCUT2D eigenvalue weighted by atomic mass is 9.86. The standard InChI is InChI=1S/C14H22N2O/c1-10-9-12(11-7-5-4-6-8-11)16-13(15-10)14(2,3)17/h9,11,17H,4-8H2,1-3H3. The molecule has 94 valence electrons. The van der Waals surface area contributed by atoms with Gasteiger partial charge in [0, 0.05) is 17.3 Å². The monoisotopic (exact) mass is 234 g/mol. The maximum absolute atomic E-state index is 10.0. The van der Waals surface area contributed by atoms with Gasteiger partial charge in [0.1, 0.15) is 5.60 Å². The predicted molar refractivity (Wildman–Crippen MR) is 67.8 cm³/mol. The van der Waals surface area contributed by atoms with Gasteiger partial charge in [-0.25, -0.2) is 9.97 Å². The minimum atomic E-state index is -0.949. The van der Waals surface area contributed by atoms with E-state index < -0.39 is 5.60 Å². The van der Waals surface area contributed by atoms with Gasteiger partial charge in [-0.15, -0.1) is 0 Å². The fourth-order valence-electron chi connectivity index (χ4n) is 2.47. The average molecular weight is 234 g/mol. The zero-order valence-corrected chi connectivity index (χ0v) is 11.0. The van der Waals surface area contributed by atoms with E-state index in [1.165, 1.54) is 32.1 Å². The van der Waals surface area contributed by atoms with E-state index >= 15 is 0 Å². The van der Waals surface area contributed by atoms with Crippen LogP contribution in [-0.2, 0) is 5.60 Å². The molecule has 2 rings (SSSR count). The van der Waals surface area contributed by atoms with E-state index in [9.17, 15) is 5.11 Å². The summed E-state index contributed by atoms with van der Waals surface area (Å²) < 4.78 is 0. The van der Waals surface area contributed by atoms with Gasteiger partial charge in [0.25, 0.3) is 0 Å². The van der Waals surface area contributed by atoms with Crippen molar-refractivity contribution in [2.24, 2.45) is 0 Å². The Morgan fingerprint density at radius 2 is 1.82 bits per heavy atom. The average Bonchev–Trinajstić information content (AvgIpc) is 2.28. The third kappa shape index (κ3) is 3.03. The Kier molecular flexibility index (Phi) is 3.48. The van der Waals surface area contributed by atoms with Gasteiger partial charge in [0.15, 0.2) is 5.82 Å². The van der Waals surface area contributed by atoms with Crippen LogP contribution < -0.4 is 0 Å². The fourth-order valence-corrected chi connectivity index (χ4v) is 2.47. The first-order valence-corrected chi connectivity index (χ1v) is 6.55. The second-order valence-corrected chi connectivity index (χ2v) is 5.65. The molecule has 1 aromatic heterocycles. The smallest absolute Gasteiger partial charge is 0.159 e. The van der Waals surface area contributed by atoms with Gasteiger partial charge in [0.2, 0.25) is 0 Å². The van der Waals surface area contributed by atoms with Crippen molar-refractivity contribution in [1.29, 1.82) is 0 Å². The molecule has 0 saturated heterocycles. The highest BCUT2D eigenvalue weighted by Gasteiger charge is 2.23. The quantitative estimate of drug-likeness (QED) is 0.855. The van der Waals surface area contributed by atoms with E-state index in [1.54, 1.807) is 13.8 Å². The molecule has 1 aromatic rings. The van der Waals surface area contributed by atoms with Crippen molar-refractivity contribution >= 4 is 0 Å². The number of hydrogen-bond acceptors (Lipinski definition) is 3. The first kappa shape index (κ1) is 12.5. The van der Waals surface area contributed by atoms with Crippen molar-refractivity contribution in [2.45, 2.75) is 64.4 Å². The van der Waals surface area contributed by atoms with Crippen molar-refractivity contribution in [3.63, 3.8) is 0 Å². The van der Waals surface area contributed by atoms with Crippen LogP contribution in [0.25, 0.3) is 0 Å². The third-order valence-corrected chi connectivity index (χ3v) is 3.44. The molecule has 0 aliphatic heterocycles. The highest BCUT2D eigenvalue weighted by atomic mass is 16.3. The third-order valence-electron chi connectivity index (χ3n) is 3.44. The Hall–Kier alpha value is -0.960. The summed E-state index contributed by atoms with van der Waals surface area (Å²) in [6, 6.07) is 2.07. The molecular formula is C14H22N2O. The summed E-state index contributed by atoms with van der Waals surface area (Å²) in [4.78, 5) is 8.91. The van der Waals surface area contributed by atoms with Crippen LogP contribution in [0, 0.1) is 6.92 Å². The van der Waals surface area contributed by atoms with E-state index in [1.807, 2.05) is 6.92 Å². The summed E-state index contributed by atoms with van der Waals surface area (Å²) in [5.41, 5.74) is 1.13. The van der Waals surface area contributed by atoms with E-state index in [-0.39, 0.29) is 0 Å². The molecule has 0 aromatic carbocycles.